The van der Waals surface area contributed by atoms with Crippen molar-refractivity contribution < 1.29 is 9.16 Å². The van der Waals surface area contributed by atoms with Gasteiger partial charge in [-0.3, -0.25) is 0 Å². The van der Waals surface area contributed by atoms with Crippen molar-refractivity contribution in [2.24, 2.45) is 5.92 Å². The van der Waals surface area contributed by atoms with Crippen LogP contribution in [0.2, 0.25) is 18.1 Å². The number of anilines is 1. The largest absolute Gasteiger partial charge is 0.497 e. The van der Waals surface area contributed by atoms with Crippen LogP contribution in [0.1, 0.15) is 45.2 Å². The predicted octanol–water partition coefficient (Wildman–Crippen LogP) is 6.67. The van der Waals surface area contributed by atoms with Crippen LogP contribution in [0.5, 0.6) is 5.75 Å². The van der Waals surface area contributed by atoms with E-state index < -0.39 is 8.32 Å². The topological polar surface area (TPSA) is 21.7 Å². The number of hydrogen-bond donors (Lipinski definition) is 0. The van der Waals surface area contributed by atoms with E-state index in [-0.39, 0.29) is 5.04 Å². The number of nitrogens with zero attached hydrogens (tertiary/aromatic N) is 1. The monoisotopic (exact) mass is 411 g/mol. The smallest absolute Gasteiger partial charge is 0.191 e. The minimum Gasteiger partial charge on any atom is -0.497 e. The van der Waals surface area contributed by atoms with Gasteiger partial charge >= 0.3 is 0 Å². The fraction of sp³-hybridized carbons (Fsp3) is 0.520. The van der Waals surface area contributed by atoms with Gasteiger partial charge in [0.2, 0.25) is 0 Å². The molecular formula is C25H37NO2Si. The molecule has 2 aromatic rings. The van der Waals surface area contributed by atoms with E-state index >= 15 is 0 Å². The van der Waals surface area contributed by atoms with Crippen LogP contribution in [0.4, 0.5) is 5.69 Å². The summed E-state index contributed by atoms with van der Waals surface area (Å²) in [7, 11) is 0.0681. The molecule has 3 rings (SSSR count). The first-order valence-corrected chi connectivity index (χ1v) is 13.7. The summed E-state index contributed by atoms with van der Waals surface area (Å²) < 4.78 is 11.7. The fourth-order valence-electron chi connectivity index (χ4n) is 3.86. The van der Waals surface area contributed by atoms with Gasteiger partial charge in [-0.25, -0.2) is 0 Å². The average molecular weight is 412 g/mol. The quantitative estimate of drug-likeness (QED) is 0.357. The number of ether oxygens (including phenoxy) is 1. The predicted molar refractivity (Wildman–Crippen MR) is 125 cm³/mol. The third kappa shape index (κ3) is 5.04. The summed E-state index contributed by atoms with van der Waals surface area (Å²) in [4.78, 5) is 2.52. The van der Waals surface area contributed by atoms with Crippen LogP contribution in [0, 0.1) is 5.92 Å². The lowest BCUT2D eigenvalue weighted by molar-refractivity contribution is 0.229. The fourth-order valence-corrected chi connectivity index (χ4v) is 4.95. The molecule has 2 atom stereocenters. The zero-order valence-electron chi connectivity index (χ0n) is 18.9. The molecule has 1 heterocycles. The molecule has 1 aliphatic heterocycles. The van der Waals surface area contributed by atoms with Crippen molar-refractivity contribution in [3.8, 4) is 5.75 Å². The van der Waals surface area contributed by atoms with Gasteiger partial charge in [0.1, 0.15) is 5.75 Å². The molecule has 4 heteroatoms. The molecule has 1 aliphatic rings. The number of hydrogen-bond acceptors (Lipinski definition) is 3. The van der Waals surface area contributed by atoms with Crippen molar-refractivity contribution in [3.05, 3.63) is 60.2 Å². The van der Waals surface area contributed by atoms with Crippen molar-refractivity contribution >= 4 is 14.0 Å². The van der Waals surface area contributed by atoms with E-state index in [1.165, 1.54) is 17.7 Å². The Morgan fingerprint density at radius 1 is 1.00 bits per heavy atom. The first kappa shape index (κ1) is 21.9. The molecule has 0 spiro atoms. The normalized spacial score (nSPS) is 19.7. The third-order valence-electron chi connectivity index (χ3n) is 6.75. The van der Waals surface area contributed by atoms with E-state index in [2.05, 4.69) is 93.4 Å². The van der Waals surface area contributed by atoms with E-state index in [1.54, 1.807) is 7.11 Å². The van der Waals surface area contributed by atoms with Crippen LogP contribution >= 0.6 is 0 Å². The lowest BCUT2D eigenvalue weighted by Crippen LogP contribution is -2.50. The number of methoxy groups -OCH3 is 1. The van der Waals surface area contributed by atoms with E-state index in [4.69, 9.17) is 9.16 Å². The van der Waals surface area contributed by atoms with Crippen LogP contribution in [0.25, 0.3) is 0 Å². The highest BCUT2D eigenvalue weighted by molar-refractivity contribution is 6.74. The summed E-state index contributed by atoms with van der Waals surface area (Å²) >= 11 is 0. The maximum Gasteiger partial charge on any atom is 0.191 e. The molecule has 1 saturated heterocycles. The molecule has 0 aliphatic carbocycles. The lowest BCUT2D eigenvalue weighted by atomic mass is 9.80. The van der Waals surface area contributed by atoms with Gasteiger partial charge < -0.3 is 14.1 Å². The standard InChI is InChI=1S/C25H37NO2Si/c1-25(2,3)29(5,6)28-18-10-13-21-19-26(22-14-16-23(27-4)17-15-22)24(21)20-11-8-7-9-12-20/h7-9,11-12,14-17,21,24H,10,13,18-19H2,1-6H3/t21-,24-/m1/s1. The Kier molecular flexibility index (Phi) is 6.75. The average Bonchev–Trinajstić information content (AvgIpc) is 2.67. The summed E-state index contributed by atoms with van der Waals surface area (Å²) in [6.07, 6.45) is 2.35. The highest BCUT2D eigenvalue weighted by Crippen LogP contribution is 2.44. The van der Waals surface area contributed by atoms with Crippen LogP contribution in [0.3, 0.4) is 0 Å². The molecule has 158 valence electrons. The first-order chi connectivity index (χ1) is 13.7. The third-order valence-corrected chi connectivity index (χ3v) is 11.3. The van der Waals surface area contributed by atoms with Gasteiger partial charge in [0.15, 0.2) is 8.32 Å². The Labute approximate surface area is 178 Å². The summed E-state index contributed by atoms with van der Waals surface area (Å²) in [6.45, 7) is 13.6. The van der Waals surface area contributed by atoms with E-state index in [9.17, 15) is 0 Å². The van der Waals surface area contributed by atoms with Crippen molar-refractivity contribution in [3.63, 3.8) is 0 Å². The molecule has 2 aromatic carbocycles. The lowest BCUT2D eigenvalue weighted by Gasteiger charge is -2.50. The van der Waals surface area contributed by atoms with Crippen molar-refractivity contribution in [2.75, 3.05) is 25.2 Å². The molecule has 3 nitrogen and oxygen atoms in total. The summed E-state index contributed by atoms with van der Waals surface area (Å²) in [5, 5.41) is 0.279. The van der Waals surface area contributed by atoms with Gasteiger partial charge in [0.05, 0.1) is 13.2 Å². The molecule has 0 radical (unpaired) electrons. The van der Waals surface area contributed by atoms with Crippen LogP contribution in [-0.2, 0) is 4.43 Å². The van der Waals surface area contributed by atoms with Crippen LogP contribution in [-0.4, -0.2) is 28.6 Å². The highest BCUT2D eigenvalue weighted by atomic mass is 28.4. The van der Waals surface area contributed by atoms with Crippen LogP contribution in [0.15, 0.2) is 54.6 Å². The molecular weight excluding hydrogens is 374 g/mol. The molecule has 0 aromatic heterocycles. The maximum atomic E-state index is 6.40. The Bertz CT molecular complexity index is 768. The number of benzene rings is 2. The molecule has 0 bridgehead atoms. The molecule has 0 N–H and O–H groups in total. The van der Waals surface area contributed by atoms with Gasteiger partial charge in [-0.05, 0) is 60.8 Å². The Hall–Kier alpha value is -1.78. The van der Waals surface area contributed by atoms with Gasteiger partial charge in [0.25, 0.3) is 0 Å². The molecule has 0 unspecified atom stereocenters. The summed E-state index contributed by atoms with van der Waals surface area (Å²) in [6, 6.07) is 19.8. The van der Waals surface area contributed by atoms with Gasteiger partial charge in [-0.1, -0.05) is 51.1 Å². The van der Waals surface area contributed by atoms with Gasteiger partial charge in [0, 0.05) is 24.8 Å². The second kappa shape index (κ2) is 8.93. The maximum absolute atomic E-state index is 6.40. The number of rotatable bonds is 8. The van der Waals surface area contributed by atoms with Crippen molar-refractivity contribution in [1.82, 2.24) is 0 Å². The minimum absolute atomic E-state index is 0.279. The van der Waals surface area contributed by atoms with E-state index in [0.717, 1.165) is 25.3 Å². The zero-order valence-corrected chi connectivity index (χ0v) is 19.9. The van der Waals surface area contributed by atoms with Crippen molar-refractivity contribution in [2.45, 2.75) is 57.8 Å². The molecule has 0 saturated carbocycles. The summed E-state index contributed by atoms with van der Waals surface area (Å²) in [5.74, 6) is 1.58. The minimum atomic E-state index is -1.65. The van der Waals surface area contributed by atoms with Crippen molar-refractivity contribution in [1.29, 1.82) is 0 Å². The molecule has 29 heavy (non-hydrogen) atoms. The highest BCUT2D eigenvalue weighted by Gasteiger charge is 2.40. The van der Waals surface area contributed by atoms with Gasteiger partial charge in [-0.15, -0.1) is 0 Å². The SMILES string of the molecule is COc1ccc(N2C[C@@H](CCCO[Si](C)(C)C(C)(C)C)[C@H]2c2ccccc2)cc1. The molecule has 1 fully saturated rings. The first-order valence-electron chi connectivity index (χ1n) is 10.8. The summed E-state index contributed by atoms with van der Waals surface area (Å²) in [5.41, 5.74) is 2.68. The molecule has 0 amide bonds. The zero-order chi connectivity index (χ0) is 21.1. The Balaban J connectivity index is 1.63. The second-order valence-corrected chi connectivity index (χ2v) is 14.5. The van der Waals surface area contributed by atoms with E-state index in [1.807, 2.05) is 0 Å². The Morgan fingerprint density at radius 3 is 2.24 bits per heavy atom. The van der Waals surface area contributed by atoms with E-state index in [0.29, 0.717) is 12.0 Å². The second-order valence-electron chi connectivity index (χ2n) is 9.72. The van der Waals surface area contributed by atoms with Crippen LogP contribution < -0.4 is 9.64 Å². The van der Waals surface area contributed by atoms with Gasteiger partial charge in [-0.2, -0.15) is 0 Å². The Morgan fingerprint density at radius 2 is 1.66 bits per heavy atom.